The zero-order valence-corrected chi connectivity index (χ0v) is 11.1. The van der Waals surface area contributed by atoms with Crippen molar-refractivity contribution in [3.8, 4) is 5.75 Å². The maximum Gasteiger partial charge on any atom is 0.122 e. The molecule has 96 valence electrons. The quantitative estimate of drug-likeness (QED) is 0.925. The maximum absolute atomic E-state index is 10.3. The first-order valence-corrected chi connectivity index (χ1v) is 6.09. The lowest BCUT2D eigenvalue weighted by atomic mass is 10.1. The highest BCUT2D eigenvalue weighted by Crippen LogP contribution is 2.28. The van der Waals surface area contributed by atoms with Gasteiger partial charge in [0.05, 0.1) is 23.5 Å². The summed E-state index contributed by atoms with van der Waals surface area (Å²) >= 11 is 6.00. The average Bonchev–Trinajstić information content (AvgIpc) is 2.70. The van der Waals surface area contributed by atoms with E-state index in [4.69, 9.17) is 16.3 Å². The standard InChI is InChI=1S/C13H15ClN2O2/c1-3-18-10-6-4-9(5-7-10)13(17)12-11(14)8-15-16(12)2/h4-8,13,17H,3H2,1-2H3. The summed E-state index contributed by atoms with van der Waals surface area (Å²) in [6.45, 7) is 2.55. The number of aliphatic hydroxyl groups is 1. The van der Waals surface area contributed by atoms with E-state index < -0.39 is 6.10 Å². The molecule has 4 nitrogen and oxygen atoms in total. The number of aliphatic hydroxyl groups excluding tert-OH is 1. The second-order valence-corrected chi connectivity index (χ2v) is 4.31. The van der Waals surface area contributed by atoms with Crippen LogP contribution in [0.2, 0.25) is 5.02 Å². The van der Waals surface area contributed by atoms with Gasteiger partial charge >= 0.3 is 0 Å². The summed E-state index contributed by atoms with van der Waals surface area (Å²) < 4.78 is 6.93. The fourth-order valence-corrected chi connectivity index (χ4v) is 2.07. The lowest BCUT2D eigenvalue weighted by Gasteiger charge is -2.13. The van der Waals surface area contributed by atoms with Crippen molar-refractivity contribution in [2.75, 3.05) is 6.61 Å². The monoisotopic (exact) mass is 266 g/mol. The molecule has 0 aliphatic carbocycles. The molecule has 0 spiro atoms. The summed E-state index contributed by atoms with van der Waals surface area (Å²) in [7, 11) is 1.75. The van der Waals surface area contributed by atoms with Gasteiger partial charge in [-0.1, -0.05) is 23.7 Å². The van der Waals surface area contributed by atoms with Gasteiger partial charge in [-0.2, -0.15) is 5.10 Å². The number of rotatable bonds is 4. The summed E-state index contributed by atoms with van der Waals surface area (Å²) in [5.41, 5.74) is 1.34. The van der Waals surface area contributed by atoms with Gasteiger partial charge in [-0.15, -0.1) is 0 Å². The summed E-state index contributed by atoms with van der Waals surface area (Å²) in [5.74, 6) is 0.782. The number of aryl methyl sites for hydroxylation is 1. The van der Waals surface area contributed by atoms with E-state index in [1.807, 2.05) is 31.2 Å². The van der Waals surface area contributed by atoms with Gasteiger partial charge in [0.15, 0.2) is 0 Å². The van der Waals surface area contributed by atoms with Crippen LogP contribution in [-0.2, 0) is 7.05 Å². The van der Waals surface area contributed by atoms with Gasteiger partial charge in [-0.25, -0.2) is 0 Å². The number of nitrogens with zero attached hydrogens (tertiary/aromatic N) is 2. The largest absolute Gasteiger partial charge is 0.494 e. The number of hydrogen-bond acceptors (Lipinski definition) is 3. The Labute approximate surface area is 111 Å². The fourth-order valence-electron chi connectivity index (χ4n) is 1.80. The second kappa shape index (κ2) is 5.42. The number of aromatic nitrogens is 2. The Morgan fingerprint density at radius 3 is 2.56 bits per heavy atom. The Hall–Kier alpha value is -1.52. The fraction of sp³-hybridized carbons (Fsp3) is 0.308. The van der Waals surface area contributed by atoms with Crippen LogP contribution in [-0.4, -0.2) is 21.5 Å². The molecule has 0 aliphatic heterocycles. The predicted octanol–water partition coefficient (Wildman–Crippen LogP) is 2.55. The number of hydrogen-bond donors (Lipinski definition) is 1. The van der Waals surface area contributed by atoms with Crippen LogP contribution in [0, 0.1) is 0 Å². The van der Waals surface area contributed by atoms with Gasteiger partial charge in [-0.05, 0) is 24.6 Å². The van der Waals surface area contributed by atoms with Gasteiger partial charge in [-0.3, -0.25) is 4.68 Å². The maximum atomic E-state index is 10.3. The molecule has 1 aromatic heterocycles. The minimum atomic E-state index is -0.791. The lowest BCUT2D eigenvalue weighted by Crippen LogP contribution is -2.07. The third kappa shape index (κ3) is 2.49. The van der Waals surface area contributed by atoms with Crippen LogP contribution < -0.4 is 4.74 Å². The third-order valence-electron chi connectivity index (χ3n) is 2.70. The number of ether oxygens (including phenoxy) is 1. The van der Waals surface area contributed by atoms with Crippen molar-refractivity contribution in [3.63, 3.8) is 0 Å². The topological polar surface area (TPSA) is 47.3 Å². The molecule has 1 unspecified atom stereocenters. The first-order chi connectivity index (χ1) is 8.63. The van der Waals surface area contributed by atoms with Crippen molar-refractivity contribution in [2.45, 2.75) is 13.0 Å². The van der Waals surface area contributed by atoms with Gasteiger partial charge in [0.2, 0.25) is 0 Å². The van der Waals surface area contributed by atoms with Crippen molar-refractivity contribution < 1.29 is 9.84 Å². The number of halogens is 1. The lowest BCUT2D eigenvalue weighted by molar-refractivity contribution is 0.209. The Kier molecular flexibility index (Phi) is 3.89. The van der Waals surface area contributed by atoms with Gasteiger partial charge < -0.3 is 9.84 Å². The summed E-state index contributed by atoms with van der Waals surface area (Å²) in [6, 6.07) is 7.29. The molecule has 2 rings (SSSR count). The normalized spacial score (nSPS) is 12.4. The second-order valence-electron chi connectivity index (χ2n) is 3.91. The van der Waals surface area contributed by atoms with E-state index in [0.29, 0.717) is 17.3 Å². The molecule has 0 fully saturated rings. The Bertz CT molecular complexity index is 503. The highest BCUT2D eigenvalue weighted by Gasteiger charge is 2.18. The molecule has 0 radical (unpaired) electrons. The van der Waals surface area contributed by atoms with Gasteiger partial charge in [0, 0.05) is 7.05 Å². The molecule has 1 atom stereocenters. The highest BCUT2D eigenvalue weighted by molar-refractivity contribution is 6.31. The molecule has 0 amide bonds. The van der Waals surface area contributed by atoms with E-state index in [2.05, 4.69) is 5.10 Å². The molecule has 2 aromatic rings. The highest BCUT2D eigenvalue weighted by atomic mass is 35.5. The molecule has 1 heterocycles. The van der Waals surface area contributed by atoms with Crippen LogP contribution in [0.25, 0.3) is 0 Å². The van der Waals surface area contributed by atoms with Crippen molar-refractivity contribution in [3.05, 3.63) is 46.7 Å². The third-order valence-corrected chi connectivity index (χ3v) is 2.99. The van der Waals surface area contributed by atoms with Crippen LogP contribution in [0.5, 0.6) is 5.75 Å². The van der Waals surface area contributed by atoms with Crippen molar-refractivity contribution >= 4 is 11.6 Å². The van der Waals surface area contributed by atoms with Crippen molar-refractivity contribution in [2.24, 2.45) is 7.05 Å². The van der Waals surface area contributed by atoms with Crippen LogP contribution in [0.15, 0.2) is 30.5 Å². The minimum absolute atomic E-state index is 0.457. The smallest absolute Gasteiger partial charge is 0.122 e. The van der Waals surface area contributed by atoms with E-state index in [1.165, 1.54) is 6.20 Å². The zero-order chi connectivity index (χ0) is 13.1. The van der Waals surface area contributed by atoms with E-state index >= 15 is 0 Å². The van der Waals surface area contributed by atoms with Crippen LogP contribution in [0.3, 0.4) is 0 Å². The van der Waals surface area contributed by atoms with E-state index in [9.17, 15) is 5.11 Å². The molecule has 0 aliphatic rings. The predicted molar refractivity (Wildman–Crippen MR) is 69.9 cm³/mol. The van der Waals surface area contributed by atoms with E-state index in [1.54, 1.807) is 11.7 Å². The molecule has 0 bridgehead atoms. The molecular weight excluding hydrogens is 252 g/mol. The van der Waals surface area contributed by atoms with Crippen molar-refractivity contribution in [1.82, 2.24) is 9.78 Å². The Morgan fingerprint density at radius 2 is 2.06 bits per heavy atom. The summed E-state index contributed by atoms with van der Waals surface area (Å²) in [6.07, 6.45) is 0.731. The molecular formula is C13H15ClN2O2. The van der Waals surface area contributed by atoms with Gasteiger partial charge in [0.1, 0.15) is 11.9 Å². The first kappa shape index (κ1) is 12.9. The van der Waals surface area contributed by atoms with Crippen molar-refractivity contribution in [1.29, 1.82) is 0 Å². The first-order valence-electron chi connectivity index (χ1n) is 5.71. The number of benzene rings is 1. The zero-order valence-electron chi connectivity index (χ0n) is 10.3. The van der Waals surface area contributed by atoms with Crippen LogP contribution in [0.4, 0.5) is 0 Å². The molecule has 0 saturated carbocycles. The molecule has 1 aromatic carbocycles. The molecule has 0 saturated heterocycles. The summed E-state index contributed by atoms with van der Waals surface area (Å²) in [5, 5.41) is 14.7. The average molecular weight is 267 g/mol. The SMILES string of the molecule is CCOc1ccc(C(O)c2c(Cl)cnn2C)cc1. The Balaban J connectivity index is 2.26. The van der Waals surface area contributed by atoms with Crippen LogP contribution >= 0.6 is 11.6 Å². The molecule has 18 heavy (non-hydrogen) atoms. The van der Waals surface area contributed by atoms with Crippen LogP contribution in [0.1, 0.15) is 24.3 Å². The van der Waals surface area contributed by atoms with E-state index in [-0.39, 0.29) is 0 Å². The summed E-state index contributed by atoms with van der Waals surface area (Å²) in [4.78, 5) is 0. The minimum Gasteiger partial charge on any atom is -0.494 e. The van der Waals surface area contributed by atoms with Gasteiger partial charge in [0.25, 0.3) is 0 Å². The Morgan fingerprint density at radius 1 is 1.39 bits per heavy atom. The molecule has 5 heteroatoms. The molecule has 1 N–H and O–H groups in total. The van der Waals surface area contributed by atoms with E-state index in [0.717, 1.165) is 11.3 Å².